The number of piperidine rings is 1. The van der Waals surface area contributed by atoms with E-state index in [1.807, 2.05) is 13.1 Å². The molecule has 0 bridgehead atoms. The van der Waals surface area contributed by atoms with Crippen LogP contribution < -0.4 is 0 Å². The van der Waals surface area contributed by atoms with E-state index in [4.69, 9.17) is 0 Å². The SMILES string of the molecule is CCn1cc([C@H]2[C@H](C(=O)O)CCC(=O)N2C)cn1. The number of carbonyl (C=O) groups is 2. The van der Waals surface area contributed by atoms with Gasteiger partial charge in [-0.25, -0.2) is 0 Å². The number of hydrogen-bond donors (Lipinski definition) is 1. The van der Waals surface area contributed by atoms with Crippen LogP contribution in [0.2, 0.25) is 0 Å². The van der Waals surface area contributed by atoms with Crippen molar-refractivity contribution < 1.29 is 14.7 Å². The lowest BCUT2D eigenvalue weighted by Crippen LogP contribution is -2.42. The highest BCUT2D eigenvalue weighted by Crippen LogP contribution is 2.35. The maximum Gasteiger partial charge on any atom is 0.308 e. The number of aromatic nitrogens is 2. The molecule has 2 atom stereocenters. The lowest BCUT2D eigenvalue weighted by Gasteiger charge is -2.36. The molecule has 0 unspecified atom stereocenters. The number of amides is 1. The van der Waals surface area contributed by atoms with E-state index >= 15 is 0 Å². The van der Waals surface area contributed by atoms with Crippen LogP contribution in [0.15, 0.2) is 12.4 Å². The average Bonchev–Trinajstić information content (AvgIpc) is 2.80. The fourth-order valence-corrected chi connectivity index (χ4v) is 2.46. The molecule has 0 spiro atoms. The topological polar surface area (TPSA) is 75.4 Å². The van der Waals surface area contributed by atoms with Crippen LogP contribution in [0.4, 0.5) is 0 Å². The lowest BCUT2D eigenvalue weighted by molar-refractivity contribution is -0.150. The van der Waals surface area contributed by atoms with Crippen LogP contribution in [0.25, 0.3) is 0 Å². The lowest BCUT2D eigenvalue weighted by atomic mass is 9.86. The standard InChI is InChI=1S/C12H17N3O3/c1-3-15-7-8(6-13-15)11-9(12(17)18)4-5-10(16)14(11)2/h6-7,9,11H,3-5H2,1-2H3,(H,17,18)/t9-,11+/m1/s1. The van der Waals surface area contributed by atoms with Crippen molar-refractivity contribution in [2.24, 2.45) is 5.92 Å². The summed E-state index contributed by atoms with van der Waals surface area (Å²) in [6.07, 6.45) is 4.15. The number of hydrogen-bond acceptors (Lipinski definition) is 3. The molecule has 1 amide bonds. The Morgan fingerprint density at radius 3 is 2.89 bits per heavy atom. The van der Waals surface area contributed by atoms with E-state index in [-0.39, 0.29) is 5.91 Å². The number of rotatable bonds is 3. The quantitative estimate of drug-likeness (QED) is 0.866. The molecule has 1 aliphatic rings. The molecule has 0 aliphatic carbocycles. The van der Waals surface area contributed by atoms with Gasteiger partial charge in [0, 0.05) is 31.8 Å². The molecule has 2 heterocycles. The van der Waals surface area contributed by atoms with E-state index in [9.17, 15) is 14.7 Å². The molecule has 1 aliphatic heterocycles. The van der Waals surface area contributed by atoms with Crippen molar-refractivity contribution in [3.8, 4) is 0 Å². The number of nitrogens with zero attached hydrogens (tertiary/aromatic N) is 3. The first-order chi connectivity index (χ1) is 8.54. The van der Waals surface area contributed by atoms with Gasteiger partial charge >= 0.3 is 5.97 Å². The van der Waals surface area contributed by atoms with Crippen LogP contribution in [-0.4, -0.2) is 38.7 Å². The monoisotopic (exact) mass is 251 g/mol. The zero-order valence-corrected chi connectivity index (χ0v) is 10.5. The first kappa shape index (κ1) is 12.6. The van der Waals surface area contributed by atoms with Gasteiger partial charge in [-0.2, -0.15) is 5.10 Å². The molecule has 0 radical (unpaired) electrons. The van der Waals surface area contributed by atoms with Gasteiger partial charge in [0.15, 0.2) is 0 Å². The first-order valence-corrected chi connectivity index (χ1v) is 6.05. The van der Waals surface area contributed by atoms with Gasteiger partial charge < -0.3 is 10.0 Å². The molecule has 6 nitrogen and oxygen atoms in total. The smallest absolute Gasteiger partial charge is 0.308 e. The van der Waals surface area contributed by atoms with Crippen molar-refractivity contribution >= 4 is 11.9 Å². The second-order valence-electron chi connectivity index (χ2n) is 4.56. The molecule has 1 fully saturated rings. The summed E-state index contributed by atoms with van der Waals surface area (Å²) in [5.74, 6) is -1.42. The second kappa shape index (κ2) is 4.80. The Hall–Kier alpha value is -1.85. The molecule has 0 aromatic carbocycles. The first-order valence-electron chi connectivity index (χ1n) is 6.05. The zero-order valence-electron chi connectivity index (χ0n) is 10.5. The van der Waals surface area contributed by atoms with Crippen molar-refractivity contribution in [2.45, 2.75) is 32.4 Å². The van der Waals surface area contributed by atoms with Gasteiger partial charge in [-0.3, -0.25) is 14.3 Å². The second-order valence-corrected chi connectivity index (χ2v) is 4.56. The van der Waals surface area contributed by atoms with Crippen LogP contribution in [0, 0.1) is 5.92 Å². The number of carbonyl (C=O) groups excluding carboxylic acids is 1. The maximum atomic E-state index is 11.7. The summed E-state index contributed by atoms with van der Waals surface area (Å²) in [4.78, 5) is 24.6. The summed E-state index contributed by atoms with van der Waals surface area (Å²) in [7, 11) is 1.66. The minimum Gasteiger partial charge on any atom is -0.481 e. The Morgan fingerprint density at radius 2 is 2.33 bits per heavy atom. The van der Waals surface area contributed by atoms with Crippen LogP contribution >= 0.6 is 0 Å². The maximum absolute atomic E-state index is 11.7. The van der Waals surface area contributed by atoms with E-state index < -0.39 is 17.9 Å². The van der Waals surface area contributed by atoms with Gasteiger partial charge in [0.2, 0.25) is 5.91 Å². The van der Waals surface area contributed by atoms with Crippen LogP contribution in [-0.2, 0) is 16.1 Å². The summed E-state index contributed by atoms with van der Waals surface area (Å²) < 4.78 is 1.74. The highest BCUT2D eigenvalue weighted by Gasteiger charge is 2.39. The molecule has 2 rings (SSSR count). The molecule has 98 valence electrons. The number of carboxylic acids is 1. The Morgan fingerprint density at radius 1 is 1.61 bits per heavy atom. The highest BCUT2D eigenvalue weighted by atomic mass is 16.4. The average molecular weight is 251 g/mol. The number of aliphatic carboxylic acids is 1. The van der Waals surface area contributed by atoms with Gasteiger partial charge in [-0.05, 0) is 13.3 Å². The number of aryl methyl sites for hydroxylation is 1. The van der Waals surface area contributed by atoms with E-state index in [0.29, 0.717) is 12.8 Å². The molecule has 1 aromatic heterocycles. The number of likely N-dealkylation sites (tertiary alicyclic amines) is 1. The van der Waals surface area contributed by atoms with Gasteiger partial charge in [-0.15, -0.1) is 0 Å². The van der Waals surface area contributed by atoms with Crippen molar-refractivity contribution in [2.75, 3.05) is 7.05 Å². The van der Waals surface area contributed by atoms with E-state index in [0.717, 1.165) is 12.1 Å². The molecule has 0 saturated carbocycles. The summed E-state index contributed by atoms with van der Waals surface area (Å²) in [6, 6.07) is -0.413. The molecule has 18 heavy (non-hydrogen) atoms. The highest BCUT2D eigenvalue weighted by molar-refractivity contribution is 5.81. The normalized spacial score (nSPS) is 24.3. The molecule has 6 heteroatoms. The third kappa shape index (κ3) is 2.10. The largest absolute Gasteiger partial charge is 0.481 e. The van der Waals surface area contributed by atoms with Crippen LogP contribution in [0.1, 0.15) is 31.4 Å². The minimum atomic E-state index is -0.858. The molecule has 1 saturated heterocycles. The summed E-state index contributed by atoms with van der Waals surface area (Å²) >= 11 is 0. The van der Waals surface area contributed by atoms with Gasteiger partial charge in [-0.1, -0.05) is 0 Å². The molecule has 1 N–H and O–H groups in total. The van der Waals surface area contributed by atoms with E-state index in [2.05, 4.69) is 5.10 Å². The molecular formula is C12H17N3O3. The predicted octanol–water partition coefficient (Wildman–Crippen LogP) is 0.897. The minimum absolute atomic E-state index is 0.0123. The third-order valence-corrected chi connectivity index (χ3v) is 3.50. The molecular weight excluding hydrogens is 234 g/mol. The summed E-state index contributed by atoms with van der Waals surface area (Å²) in [5.41, 5.74) is 0.791. The Kier molecular flexibility index (Phi) is 3.36. The van der Waals surface area contributed by atoms with Crippen molar-refractivity contribution in [3.63, 3.8) is 0 Å². The van der Waals surface area contributed by atoms with Gasteiger partial charge in [0.1, 0.15) is 0 Å². The zero-order chi connectivity index (χ0) is 13.3. The Bertz CT molecular complexity index is 469. The van der Waals surface area contributed by atoms with Crippen molar-refractivity contribution in [1.29, 1.82) is 0 Å². The predicted molar refractivity (Wildman–Crippen MR) is 63.8 cm³/mol. The molecule has 1 aromatic rings. The third-order valence-electron chi connectivity index (χ3n) is 3.50. The van der Waals surface area contributed by atoms with Crippen molar-refractivity contribution in [3.05, 3.63) is 18.0 Å². The summed E-state index contributed by atoms with van der Waals surface area (Å²) in [5, 5.41) is 13.4. The van der Waals surface area contributed by atoms with E-state index in [1.165, 1.54) is 4.90 Å². The van der Waals surface area contributed by atoms with Crippen molar-refractivity contribution in [1.82, 2.24) is 14.7 Å². The van der Waals surface area contributed by atoms with Crippen LogP contribution in [0.3, 0.4) is 0 Å². The summed E-state index contributed by atoms with van der Waals surface area (Å²) in [6.45, 7) is 2.68. The van der Waals surface area contributed by atoms with Gasteiger partial charge in [0.25, 0.3) is 0 Å². The van der Waals surface area contributed by atoms with Gasteiger partial charge in [0.05, 0.1) is 18.2 Å². The van der Waals surface area contributed by atoms with Crippen LogP contribution in [0.5, 0.6) is 0 Å². The Labute approximate surface area is 105 Å². The number of carboxylic acid groups (broad SMARTS) is 1. The van der Waals surface area contributed by atoms with E-state index in [1.54, 1.807) is 17.9 Å². The fraction of sp³-hybridized carbons (Fsp3) is 0.583. The fourth-order valence-electron chi connectivity index (χ4n) is 2.46. The Balaban J connectivity index is 2.34.